The van der Waals surface area contributed by atoms with E-state index >= 15 is 0 Å². The zero-order valence-electron chi connectivity index (χ0n) is 9.51. The molecule has 0 aromatic rings. The lowest BCUT2D eigenvalue weighted by Gasteiger charge is -2.45. The fraction of sp³-hybridized carbons (Fsp3) is 0.667. The molecule has 0 spiro atoms. The average Bonchev–Trinajstić information content (AvgIpc) is 2.27. The number of fused-ring (bicyclic) bond motifs is 2. The molecule has 0 saturated heterocycles. The van der Waals surface area contributed by atoms with Crippen molar-refractivity contribution in [1.82, 2.24) is 0 Å². The largest absolute Gasteiger partial charge is 0.468 e. The van der Waals surface area contributed by atoms with Crippen LogP contribution >= 0.6 is 15.9 Å². The van der Waals surface area contributed by atoms with Gasteiger partial charge >= 0.3 is 5.97 Å². The molecule has 0 heterocycles. The van der Waals surface area contributed by atoms with Gasteiger partial charge in [-0.25, -0.2) is 0 Å². The lowest BCUT2D eigenvalue weighted by Crippen LogP contribution is -2.53. The van der Waals surface area contributed by atoms with Crippen molar-refractivity contribution in [2.24, 2.45) is 10.8 Å². The normalized spacial score (nSPS) is 37.9. The summed E-state index contributed by atoms with van der Waals surface area (Å²) >= 11 is 3.46. The maximum Gasteiger partial charge on any atom is 0.319 e. The quantitative estimate of drug-likeness (QED) is 0.550. The predicted octanol–water partition coefficient (Wildman–Crippen LogP) is 2.59. The van der Waals surface area contributed by atoms with Gasteiger partial charge in [-0.05, 0) is 26.2 Å². The summed E-state index contributed by atoms with van der Waals surface area (Å²) in [4.78, 5) is 24.4. The highest BCUT2D eigenvalue weighted by Gasteiger charge is 2.58. The fourth-order valence-corrected chi connectivity index (χ4v) is 3.42. The Morgan fingerprint density at radius 2 is 2.19 bits per heavy atom. The highest BCUT2D eigenvalue weighted by atomic mass is 79.9. The Morgan fingerprint density at radius 3 is 2.81 bits per heavy atom. The second kappa shape index (κ2) is 3.69. The van der Waals surface area contributed by atoms with Gasteiger partial charge in [-0.1, -0.05) is 28.4 Å². The van der Waals surface area contributed by atoms with Crippen molar-refractivity contribution in [3.8, 4) is 0 Å². The van der Waals surface area contributed by atoms with Gasteiger partial charge in [0.2, 0.25) is 0 Å². The maximum atomic E-state index is 12.5. The van der Waals surface area contributed by atoms with Crippen LogP contribution in [0.5, 0.6) is 0 Å². The van der Waals surface area contributed by atoms with Gasteiger partial charge < -0.3 is 4.74 Å². The molecule has 2 atom stereocenters. The van der Waals surface area contributed by atoms with Gasteiger partial charge in [0.1, 0.15) is 5.41 Å². The van der Waals surface area contributed by atoms with Crippen LogP contribution in [0.4, 0.5) is 0 Å². The van der Waals surface area contributed by atoms with Crippen molar-refractivity contribution in [2.75, 3.05) is 7.11 Å². The molecule has 2 aliphatic rings. The number of Topliss-reactive ketones (excluding diaryl/α,β-unsaturated/α-hetero) is 1. The van der Waals surface area contributed by atoms with Crippen LogP contribution in [0.25, 0.3) is 0 Å². The topological polar surface area (TPSA) is 43.4 Å². The summed E-state index contributed by atoms with van der Waals surface area (Å²) < 4.78 is 5.73. The first-order valence-corrected chi connectivity index (χ1v) is 6.26. The maximum absolute atomic E-state index is 12.5. The van der Waals surface area contributed by atoms with Crippen molar-refractivity contribution in [3.63, 3.8) is 0 Å². The molecule has 0 aromatic heterocycles. The molecule has 4 heteroatoms. The van der Waals surface area contributed by atoms with Gasteiger partial charge in [0, 0.05) is 4.48 Å². The number of esters is 1. The number of hydrogen-bond acceptors (Lipinski definition) is 3. The van der Waals surface area contributed by atoms with E-state index in [1.807, 2.05) is 13.0 Å². The van der Waals surface area contributed by atoms with E-state index < -0.39 is 10.8 Å². The molecule has 2 rings (SSSR count). The first kappa shape index (κ1) is 11.8. The summed E-state index contributed by atoms with van der Waals surface area (Å²) in [6, 6.07) is 0. The summed E-state index contributed by atoms with van der Waals surface area (Å²) in [6.45, 7) is 1.91. The minimum Gasteiger partial charge on any atom is -0.468 e. The minimum absolute atomic E-state index is 0.0208. The van der Waals surface area contributed by atoms with Crippen LogP contribution < -0.4 is 0 Å². The number of hydrogen-bond donors (Lipinski definition) is 0. The lowest BCUT2D eigenvalue weighted by molar-refractivity contribution is -0.164. The first-order valence-electron chi connectivity index (χ1n) is 5.47. The van der Waals surface area contributed by atoms with Gasteiger partial charge in [0.05, 0.1) is 12.5 Å². The number of methoxy groups -OCH3 is 1. The summed E-state index contributed by atoms with van der Waals surface area (Å²) in [5.74, 6) is -0.354. The van der Waals surface area contributed by atoms with Crippen molar-refractivity contribution in [3.05, 3.63) is 10.6 Å². The second-order valence-corrected chi connectivity index (χ2v) is 5.70. The third-order valence-corrected chi connectivity index (χ3v) is 5.15. The molecule has 0 radical (unpaired) electrons. The molecule has 0 aliphatic heterocycles. The Kier molecular flexibility index (Phi) is 2.73. The van der Waals surface area contributed by atoms with E-state index in [-0.39, 0.29) is 11.8 Å². The van der Waals surface area contributed by atoms with E-state index in [2.05, 4.69) is 15.9 Å². The Balaban J connectivity index is 2.50. The van der Waals surface area contributed by atoms with Crippen LogP contribution in [-0.4, -0.2) is 18.9 Å². The van der Waals surface area contributed by atoms with E-state index in [1.54, 1.807) is 0 Å². The average molecular weight is 287 g/mol. The van der Waals surface area contributed by atoms with E-state index in [1.165, 1.54) is 7.11 Å². The standard InChI is InChI=1S/C12H15BrO3/c1-11-5-3-6-12(9(11)14,10(15)16-2)7-4-8(11)13/h4H,3,5-7H2,1-2H3/t11-,12-/m1/s1. The number of halogens is 1. The molecule has 1 fully saturated rings. The van der Waals surface area contributed by atoms with Crippen LogP contribution in [0.1, 0.15) is 32.6 Å². The van der Waals surface area contributed by atoms with E-state index in [9.17, 15) is 9.59 Å². The first-order chi connectivity index (χ1) is 7.47. The van der Waals surface area contributed by atoms with Crippen LogP contribution in [0, 0.1) is 10.8 Å². The Hall–Kier alpha value is -0.640. The number of ether oxygens (including phenoxy) is 1. The molecular weight excluding hydrogens is 272 g/mol. The van der Waals surface area contributed by atoms with Gasteiger partial charge in [-0.3, -0.25) is 9.59 Å². The molecule has 2 aliphatic carbocycles. The van der Waals surface area contributed by atoms with Gasteiger partial charge in [-0.2, -0.15) is 0 Å². The number of rotatable bonds is 1. The molecule has 2 bridgehead atoms. The van der Waals surface area contributed by atoms with Gasteiger partial charge in [-0.15, -0.1) is 0 Å². The van der Waals surface area contributed by atoms with Crippen molar-refractivity contribution in [1.29, 1.82) is 0 Å². The molecule has 16 heavy (non-hydrogen) atoms. The van der Waals surface area contributed by atoms with E-state index in [4.69, 9.17) is 4.74 Å². The lowest BCUT2D eigenvalue weighted by atomic mass is 9.57. The van der Waals surface area contributed by atoms with Crippen molar-refractivity contribution >= 4 is 27.7 Å². The zero-order valence-corrected chi connectivity index (χ0v) is 11.1. The predicted molar refractivity (Wildman–Crippen MR) is 63.0 cm³/mol. The Labute approximate surface area is 103 Å². The molecule has 0 N–H and O–H groups in total. The second-order valence-electron chi connectivity index (χ2n) is 4.84. The van der Waals surface area contributed by atoms with Gasteiger partial charge in [0.15, 0.2) is 5.78 Å². The molecule has 3 nitrogen and oxygen atoms in total. The van der Waals surface area contributed by atoms with Crippen molar-refractivity contribution < 1.29 is 14.3 Å². The summed E-state index contributed by atoms with van der Waals surface area (Å²) in [7, 11) is 1.35. The molecule has 0 amide bonds. The van der Waals surface area contributed by atoms with Crippen LogP contribution in [0.3, 0.4) is 0 Å². The van der Waals surface area contributed by atoms with E-state index in [0.29, 0.717) is 12.8 Å². The number of ketones is 1. The molecule has 88 valence electrons. The molecule has 0 aromatic carbocycles. The minimum atomic E-state index is -0.918. The smallest absolute Gasteiger partial charge is 0.319 e. The monoisotopic (exact) mass is 286 g/mol. The fourth-order valence-electron chi connectivity index (χ4n) is 2.88. The van der Waals surface area contributed by atoms with E-state index in [0.717, 1.165) is 17.3 Å². The number of allylic oxidation sites excluding steroid dienone is 2. The number of carbonyl (C=O) groups excluding carboxylic acids is 2. The zero-order chi connectivity index (χ0) is 12.0. The Morgan fingerprint density at radius 1 is 1.50 bits per heavy atom. The third kappa shape index (κ3) is 1.32. The summed E-state index contributed by atoms with van der Waals surface area (Å²) in [5.41, 5.74) is -1.44. The van der Waals surface area contributed by atoms with Crippen LogP contribution in [-0.2, 0) is 14.3 Å². The highest BCUT2D eigenvalue weighted by Crippen LogP contribution is 2.54. The van der Waals surface area contributed by atoms with Gasteiger partial charge in [0.25, 0.3) is 0 Å². The third-order valence-electron chi connectivity index (χ3n) is 3.95. The Bertz CT molecular complexity index is 388. The molecule has 0 unspecified atom stereocenters. The molecule has 1 saturated carbocycles. The summed E-state index contributed by atoms with van der Waals surface area (Å²) in [5, 5.41) is 0. The number of carbonyl (C=O) groups is 2. The molecular formula is C12H15BrO3. The van der Waals surface area contributed by atoms with Crippen LogP contribution in [0.2, 0.25) is 0 Å². The summed E-state index contributed by atoms with van der Waals surface area (Å²) in [6.07, 6.45) is 4.74. The van der Waals surface area contributed by atoms with Crippen LogP contribution in [0.15, 0.2) is 10.6 Å². The highest BCUT2D eigenvalue weighted by molar-refractivity contribution is 9.11. The SMILES string of the molecule is COC(=O)[C@@]12CC=C(Br)[C@@](C)(CCC1)C2=O. The van der Waals surface area contributed by atoms with Crippen molar-refractivity contribution in [2.45, 2.75) is 32.6 Å².